The first-order chi connectivity index (χ1) is 11.4. The van der Waals surface area contributed by atoms with E-state index in [9.17, 15) is 23.5 Å². The number of carbonyl (C=O) groups excluding carboxylic acids is 2. The smallest absolute Gasteiger partial charge is 0.295 e. The van der Waals surface area contributed by atoms with E-state index < -0.39 is 35.1 Å². The maximum absolute atomic E-state index is 13.1. The van der Waals surface area contributed by atoms with Crippen molar-refractivity contribution >= 4 is 17.4 Å². The predicted octanol–water partition coefficient (Wildman–Crippen LogP) is 3.02. The molecule has 1 unspecified atom stereocenters. The first-order valence-electron chi connectivity index (χ1n) is 7.16. The number of ketones is 1. The summed E-state index contributed by atoms with van der Waals surface area (Å²) >= 11 is 0. The molecule has 122 valence electrons. The average molecular weight is 329 g/mol. The topological polar surface area (TPSA) is 57.6 Å². The van der Waals surface area contributed by atoms with E-state index in [1.807, 2.05) is 0 Å². The largest absolute Gasteiger partial charge is 0.507 e. The molecule has 2 aromatic rings. The molecule has 2 aromatic carbocycles. The van der Waals surface area contributed by atoms with Gasteiger partial charge in [-0.05, 0) is 42.0 Å². The molecule has 1 fully saturated rings. The molecule has 0 aliphatic carbocycles. The van der Waals surface area contributed by atoms with Gasteiger partial charge in [-0.1, -0.05) is 12.1 Å². The minimum absolute atomic E-state index is 0.110. The SMILES string of the molecule is CN1C(=O)C(=O)/C(=C(/O)c2ccc(F)cc2)C1c1ccc(F)cc1. The van der Waals surface area contributed by atoms with Crippen molar-refractivity contribution < 1.29 is 23.5 Å². The van der Waals surface area contributed by atoms with Gasteiger partial charge in [-0.2, -0.15) is 0 Å². The zero-order valence-electron chi connectivity index (χ0n) is 12.7. The second-order valence-electron chi connectivity index (χ2n) is 5.47. The van der Waals surface area contributed by atoms with Crippen LogP contribution < -0.4 is 0 Å². The lowest BCUT2D eigenvalue weighted by Crippen LogP contribution is -2.24. The van der Waals surface area contributed by atoms with Crippen molar-refractivity contribution in [3.8, 4) is 0 Å². The molecule has 1 aliphatic heterocycles. The van der Waals surface area contributed by atoms with Crippen molar-refractivity contribution in [2.45, 2.75) is 6.04 Å². The minimum atomic E-state index is -0.839. The Morgan fingerprint density at radius 2 is 1.46 bits per heavy atom. The number of aliphatic hydroxyl groups is 1. The van der Waals surface area contributed by atoms with Crippen LogP contribution in [0.5, 0.6) is 0 Å². The quantitative estimate of drug-likeness (QED) is 0.523. The molecular formula is C18H13F2NO3. The number of nitrogens with zero attached hydrogens (tertiary/aromatic N) is 1. The van der Waals surface area contributed by atoms with E-state index in [1.54, 1.807) is 0 Å². The van der Waals surface area contributed by atoms with Crippen molar-refractivity contribution in [3.05, 3.63) is 76.9 Å². The standard InChI is InChI=1S/C18H13F2NO3/c1-21-15(10-2-6-12(19)7-3-10)14(17(23)18(21)24)16(22)11-4-8-13(20)9-5-11/h2-9,15,22H,1H3/b16-14+. The van der Waals surface area contributed by atoms with Crippen LogP contribution >= 0.6 is 0 Å². The lowest BCUT2D eigenvalue weighted by molar-refractivity contribution is -0.139. The van der Waals surface area contributed by atoms with Crippen LogP contribution in [0.25, 0.3) is 5.76 Å². The van der Waals surface area contributed by atoms with Gasteiger partial charge in [0.2, 0.25) is 0 Å². The molecule has 1 atom stereocenters. The summed E-state index contributed by atoms with van der Waals surface area (Å²) in [5.74, 6) is -2.95. The fourth-order valence-electron chi connectivity index (χ4n) is 2.75. The normalized spacial score (nSPS) is 19.8. The van der Waals surface area contributed by atoms with E-state index in [0.717, 1.165) is 12.1 Å². The van der Waals surface area contributed by atoms with Crippen LogP contribution in [0, 0.1) is 11.6 Å². The van der Waals surface area contributed by atoms with E-state index in [-0.39, 0.29) is 11.1 Å². The highest BCUT2D eigenvalue weighted by Crippen LogP contribution is 2.38. The average Bonchev–Trinajstić information content (AvgIpc) is 2.80. The molecule has 0 spiro atoms. The molecule has 0 bridgehead atoms. The first kappa shape index (κ1) is 15.9. The summed E-state index contributed by atoms with van der Waals surface area (Å²) in [6.07, 6.45) is 0. The second-order valence-corrected chi connectivity index (χ2v) is 5.47. The zero-order chi connectivity index (χ0) is 17.4. The van der Waals surface area contributed by atoms with Crippen LogP contribution in [0.4, 0.5) is 8.78 Å². The number of benzene rings is 2. The Balaban J connectivity index is 2.16. The van der Waals surface area contributed by atoms with Crippen LogP contribution in [-0.2, 0) is 9.59 Å². The Labute approximate surface area is 136 Å². The Kier molecular flexibility index (Phi) is 3.89. The number of halogens is 2. The van der Waals surface area contributed by atoms with Gasteiger partial charge in [0.05, 0.1) is 11.6 Å². The van der Waals surface area contributed by atoms with Crippen LogP contribution in [0.2, 0.25) is 0 Å². The number of rotatable bonds is 2. The van der Waals surface area contributed by atoms with E-state index in [2.05, 4.69) is 0 Å². The van der Waals surface area contributed by atoms with E-state index in [4.69, 9.17) is 0 Å². The zero-order valence-corrected chi connectivity index (χ0v) is 12.7. The fraction of sp³-hybridized carbons (Fsp3) is 0.111. The third-order valence-electron chi connectivity index (χ3n) is 3.98. The molecule has 4 nitrogen and oxygen atoms in total. The van der Waals surface area contributed by atoms with Gasteiger partial charge in [-0.15, -0.1) is 0 Å². The maximum Gasteiger partial charge on any atom is 0.295 e. The highest BCUT2D eigenvalue weighted by Gasteiger charge is 2.44. The van der Waals surface area contributed by atoms with Gasteiger partial charge in [0, 0.05) is 12.6 Å². The first-order valence-corrected chi connectivity index (χ1v) is 7.16. The molecule has 3 rings (SSSR count). The number of likely N-dealkylation sites (N-methyl/N-ethyl adjacent to an activating group) is 1. The second kappa shape index (κ2) is 5.88. The Morgan fingerprint density at radius 3 is 2.00 bits per heavy atom. The van der Waals surface area contributed by atoms with Gasteiger partial charge < -0.3 is 10.0 Å². The van der Waals surface area contributed by atoms with Gasteiger partial charge in [0.1, 0.15) is 17.4 Å². The van der Waals surface area contributed by atoms with Crippen molar-refractivity contribution in [1.82, 2.24) is 4.90 Å². The highest BCUT2D eigenvalue weighted by molar-refractivity contribution is 6.46. The summed E-state index contributed by atoms with van der Waals surface area (Å²) < 4.78 is 26.2. The van der Waals surface area contributed by atoms with Crippen LogP contribution in [-0.4, -0.2) is 28.7 Å². The molecule has 24 heavy (non-hydrogen) atoms. The van der Waals surface area contributed by atoms with Crippen LogP contribution in [0.1, 0.15) is 17.2 Å². The molecule has 6 heteroatoms. The fourth-order valence-corrected chi connectivity index (χ4v) is 2.75. The minimum Gasteiger partial charge on any atom is -0.507 e. The molecule has 1 saturated heterocycles. The molecule has 1 heterocycles. The Bertz CT molecular complexity index is 842. The van der Waals surface area contributed by atoms with E-state index >= 15 is 0 Å². The van der Waals surface area contributed by atoms with Gasteiger partial charge >= 0.3 is 0 Å². The lowest BCUT2D eigenvalue weighted by atomic mass is 9.95. The summed E-state index contributed by atoms with van der Waals surface area (Å²) in [4.78, 5) is 25.5. The number of carbonyl (C=O) groups is 2. The summed E-state index contributed by atoms with van der Waals surface area (Å²) in [5.41, 5.74) is 0.595. The van der Waals surface area contributed by atoms with Crippen molar-refractivity contribution in [3.63, 3.8) is 0 Å². The molecule has 0 saturated carbocycles. The van der Waals surface area contributed by atoms with Crippen LogP contribution in [0.15, 0.2) is 54.1 Å². The summed E-state index contributed by atoms with van der Waals surface area (Å²) in [6, 6.07) is 9.39. The molecule has 0 aromatic heterocycles. The third kappa shape index (κ3) is 2.56. The highest BCUT2D eigenvalue weighted by atomic mass is 19.1. The summed E-state index contributed by atoms with van der Waals surface area (Å²) in [6.45, 7) is 0. The number of hydrogen-bond donors (Lipinski definition) is 1. The Hall–Kier alpha value is -3.02. The number of likely N-dealkylation sites (tertiary alicyclic amines) is 1. The number of aliphatic hydroxyl groups excluding tert-OH is 1. The maximum atomic E-state index is 13.1. The van der Waals surface area contributed by atoms with Crippen molar-refractivity contribution in [2.75, 3.05) is 7.05 Å². The van der Waals surface area contributed by atoms with Gasteiger partial charge in [0.25, 0.3) is 11.7 Å². The van der Waals surface area contributed by atoms with Gasteiger partial charge in [0.15, 0.2) is 0 Å². The molecule has 1 aliphatic rings. The predicted molar refractivity (Wildman–Crippen MR) is 82.9 cm³/mol. The van der Waals surface area contributed by atoms with Gasteiger partial charge in [-0.3, -0.25) is 9.59 Å². The molecule has 1 amide bonds. The lowest BCUT2D eigenvalue weighted by Gasteiger charge is -2.21. The van der Waals surface area contributed by atoms with Crippen molar-refractivity contribution in [1.29, 1.82) is 0 Å². The van der Waals surface area contributed by atoms with Crippen LogP contribution in [0.3, 0.4) is 0 Å². The van der Waals surface area contributed by atoms with Gasteiger partial charge in [-0.25, -0.2) is 8.78 Å². The molecular weight excluding hydrogens is 316 g/mol. The Morgan fingerprint density at radius 1 is 0.958 bits per heavy atom. The summed E-state index contributed by atoms with van der Waals surface area (Å²) in [7, 11) is 1.43. The number of hydrogen-bond acceptors (Lipinski definition) is 3. The number of Topliss-reactive ketones (excluding diaryl/α,β-unsaturated/α-hetero) is 1. The molecule has 1 N–H and O–H groups in total. The molecule has 0 radical (unpaired) electrons. The summed E-state index contributed by atoms with van der Waals surface area (Å²) in [5, 5.41) is 10.5. The van der Waals surface area contributed by atoms with E-state index in [0.29, 0.717) is 5.56 Å². The number of amides is 1. The van der Waals surface area contributed by atoms with Crippen molar-refractivity contribution in [2.24, 2.45) is 0 Å². The third-order valence-corrected chi connectivity index (χ3v) is 3.98. The monoisotopic (exact) mass is 329 g/mol. The van der Waals surface area contributed by atoms with E-state index in [1.165, 1.54) is 48.3 Å².